The van der Waals surface area contributed by atoms with Gasteiger partial charge in [-0.25, -0.2) is 18.8 Å². The molecule has 0 unspecified atom stereocenters. The van der Waals surface area contributed by atoms with Crippen molar-refractivity contribution in [1.82, 2.24) is 10.6 Å². The molecular weight excluding hydrogens is 869 g/mol. The lowest BCUT2D eigenvalue weighted by Gasteiger charge is -2.18. The quantitative estimate of drug-likeness (QED) is 0.0471. The zero-order chi connectivity index (χ0) is 47.6. The van der Waals surface area contributed by atoms with Crippen LogP contribution in [0.4, 0.5) is 0 Å². The number of fused-ring (bicyclic) bond motifs is 4. The Labute approximate surface area is 384 Å². The van der Waals surface area contributed by atoms with Crippen LogP contribution in [0.3, 0.4) is 0 Å². The third-order valence-corrected chi connectivity index (χ3v) is 11.3. The van der Waals surface area contributed by atoms with Gasteiger partial charge >= 0.3 is 29.1 Å². The van der Waals surface area contributed by atoms with Crippen LogP contribution >= 0.6 is 0 Å². The Morgan fingerprint density at radius 2 is 1.24 bits per heavy atom. The van der Waals surface area contributed by atoms with Crippen molar-refractivity contribution >= 4 is 62.6 Å². The molecule has 1 aromatic heterocycles. The van der Waals surface area contributed by atoms with Gasteiger partial charge in [0, 0.05) is 63.4 Å². The number of hydrogen-bond acceptors (Lipinski definition) is 8. The Morgan fingerprint density at radius 3 is 1.87 bits per heavy atom. The van der Waals surface area contributed by atoms with Gasteiger partial charge in [0.2, 0.25) is 0 Å². The number of carbonyl (C=O) groups excluding carboxylic acids is 2. The van der Waals surface area contributed by atoms with Gasteiger partial charge in [-0.15, -0.1) is 5.75 Å². The molecule has 0 bridgehead atoms. The van der Waals surface area contributed by atoms with E-state index in [2.05, 4.69) is 22.5 Å². The summed E-state index contributed by atoms with van der Waals surface area (Å²) in [4.78, 5) is 76.4. The van der Waals surface area contributed by atoms with Crippen molar-refractivity contribution in [2.75, 3.05) is 6.54 Å². The molecule has 14 heteroatoms. The molecule has 5 N–H and O–H groups in total. The number of carboxylic acid groups (broad SMARTS) is 3. The van der Waals surface area contributed by atoms with Crippen molar-refractivity contribution in [2.45, 2.75) is 12.5 Å². The van der Waals surface area contributed by atoms with Gasteiger partial charge in [0.05, 0.1) is 28.4 Å². The summed E-state index contributed by atoms with van der Waals surface area (Å²) in [5.41, 5.74) is 3.68. The van der Waals surface area contributed by atoms with E-state index in [1.165, 1.54) is 72.8 Å². The number of benzene rings is 7. The molecule has 332 valence electrons. The topological polar surface area (TPSA) is 235 Å². The van der Waals surface area contributed by atoms with Crippen molar-refractivity contribution in [2.24, 2.45) is 0 Å². The predicted octanol–water partition coefficient (Wildman–Crippen LogP) is 8.09. The largest absolute Gasteiger partial charge is 0.872 e. The van der Waals surface area contributed by atoms with Crippen LogP contribution in [0, 0.1) is 11.8 Å². The van der Waals surface area contributed by atoms with Crippen LogP contribution in [0.25, 0.3) is 66.5 Å². The molecule has 0 saturated carbocycles. The minimum atomic E-state index is -1.37. The van der Waals surface area contributed by atoms with E-state index in [1.807, 2.05) is 36.4 Å². The van der Waals surface area contributed by atoms with Crippen molar-refractivity contribution in [3.05, 3.63) is 189 Å². The number of nitrogens with one attached hydrogen (secondary N) is 2. The van der Waals surface area contributed by atoms with E-state index in [1.54, 1.807) is 36.4 Å². The third-order valence-electron chi connectivity index (χ3n) is 11.3. The average molecular weight is 903 g/mol. The zero-order valence-corrected chi connectivity index (χ0v) is 35.4. The lowest BCUT2D eigenvalue weighted by atomic mass is 9.90. The molecule has 6 aromatic carbocycles. The van der Waals surface area contributed by atoms with Crippen molar-refractivity contribution in [3.63, 3.8) is 0 Å². The number of rotatable bonds is 11. The molecule has 68 heavy (non-hydrogen) atoms. The highest BCUT2D eigenvalue weighted by Crippen LogP contribution is 2.42. The van der Waals surface area contributed by atoms with Crippen LogP contribution in [0.15, 0.2) is 159 Å². The van der Waals surface area contributed by atoms with Gasteiger partial charge in [-0.1, -0.05) is 72.5 Å². The first kappa shape index (κ1) is 43.6. The number of aromatic carboxylic acids is 2. The van der Waals surface area contributed by atoms with E-state index in [4.69, 9.17) is 8.83 Å². The third kappa shape index (κ3) is 8.65. The van der Waals surface area contributed by atoms with Gasteiger partial charge in [-0.3, -0.25) is 14.4 Å². The Morgan fingerprint density at radius 1 is 0.632 bits per heavy atom. The van der Waals surface area contributed by atoms with E-state index in [9.17, 15) is 49.2 Å². The van der Waals surface area contributed by atoms with Crippen LogP contribution < -0.4 is 21.2 Å². The van der Waals surface area contributed by atoms with Crippen LogP contribution in [0.1, 0.15) is 52.6 Å². The summed E-state index contributed by atoms with van der Waals surface area (Å²) in [5, 5.41) is 49.7. The summed E-state index contributed by atoms with van der Waals surface area (Å²) in [7, 11) is 0. The first-order valence-corrected chi connectivity index (χ1v) is 20.9. The van der Waals surface area contributed by atoms with E-state index in [-0.39, 0.29) is 63.3 Å². The standard InChI is InChI=1S/C54H34N2O12/c57-33-17-21-39-46(27-33)68-47-28-34(58)18-22-40(47)49(39)36-19-15-31(25-41(36)52(61)62)50(59)55-23-5-6-29-11-13-30(14-12-29)24-43(54(65)66)56-51(60)32-16-20-35(42(26-32)53(63)64)48-37-7-1-3-9-44(37)67-45-10-4-2-8-38(45)48/h1-4,7-22,25-28,43H,23-24H2,(H5-,55,56,57,58,59,60,61,62,63,64,65,66)/t43-/m0/s1. The molecule has 2 amide bonds. The van der Waals surface area contributed by atoms with E-state index >= 15 is 0 Å². The maximum absolute atomic E-state index is 13.5. The molecule has 0 saturated heterocycles. The van der Waals surface area contributed by atoms with Crippen molar-refractivity contribution in [3.8, 4) is 51.2 Å². The molecule has 7 aromatic rings. The molecule has 0 radical (unpaired) electrons. The minimum Gasteiger partial charge on any atom is -0.872 e. The van der Waals surface area contributed by atoms with Gasteiger partial charge < -0.3 is 35.5 Å². The van der Waals surface area contributed by atoms with Gasteiger partial charge in [-0.05, 0) is 83.4 Å². The summed E-state index contributed by atoms with van der Waals surface area (Å²) in [5.74, 6) is 0.284. The highest BCUT2D eigenvalue weighted by molar-refractivity contribution is 6.13. The Balaban J connectivity index is 0.868. The van der Waals surface area contributed by atoms with E-state index in [0.29, 0.717) is 60.7 Å². The maximum Gasteiger partial charge on any atom is 0.361 e. The zero-order valence-electron chi connectivity index (χ0n) is 35.4. The molecule has 1 aliphatic heterocycles. The summed E-state index contributed by atoms with van der Waals surface area (Å²) >= 11 is 0. The lowest BCUT2D eigenvalue weighted by molar-refractivity contribution is -0.268. The summed E-state index contributed by atoms with van der Waals surface area (Å²) in [6, 6.07) is 36.2. The number of hydrogen-bond donors (Lipinski definition) is 5. The smallest absolute Gasteiger partial charge is 0.361 e. The first-order valence-electron chi connectivity index (χ1n) is 20.9. The fraction of sp³-hybridized carbons (Fsp3) is 0.0556. The molecule has 2 aliphatic rings. The SMILES string of the molecule is O=C(NCC#Cc1ccc(C[C@H](NC(=O)c2ccc(-c3c4ccccc4[o+]c4ccccc34)c(C(=O)O)c2)C(=O)O)cc1)c1ccc(-c2c3ccc(=O)cc-3oc3cc([O-])ccc23)c(C(=O)O)c1. The second-order valence-electron chi connectivity index (χ2n) is 15.6. The maximum atomic E-state index is 13.5. The van der Waals surface area contributed by atoms with Crippen LogP contribution in [0.2, 0.25) is 0 Å². The number of para-hydroxylation sites is 2. The Bertz CT molecular complexity index is 3610. The average Bonchev–Trinajstić information content (AvgIpc) is 3.33. The monoisotopic (exact) mass is 902 g/mol. The van der Waals surface area contributed by atoms with Crippen LogP contribution in [-0.4, -0.2) is 57.6 Å². The number of aliphatic carboxylic acids is 1. The van der Waals surface area contributed by atoms with Crippen molar-refractivity contribution < 1.29 is 53.2 Å². The Kier molecular flexibility index (Phi) is 11.6. The second-order valence-corrected chi connectivity index (χ2v) is 15.6. The number of amides is 2. The molecule has 2 heterocycles. The van der Waals surface area contributed by atoms with E-state index < -0.39 is 35.8 Å². The highest BCUT2D eigenvalue weighted by atomic mass is 16.4. The molecule has 1 aliphatic carbocycles. The predicted molar refractivity (Wildman–Crippen MR) is 250 cm³/mol. The van der Waals surface area contributed by atoms with Crippen molar-refractivity contribution in [1.29, 1.82) is 0 Å². The number of carbonyl (C=O) groups is 5. The van der Waals surface area contributed by atoms with Gasteiger partial charge in [0.25, 0.3) is 11.8 Å². The fourth-order valence-corrected chi connectivity index (χ4v) is 8.15. The highest BCUT2D eigenvalue weighted by Gasteiger charge is 2.27. The summed E-state index contributed by atoms with van der Waals surface area (Å²) in [6.07, 6.45) is -0.106. The Hall–Kier alpha value is -9.61. The molecule has 14 nitrogen and oxygen atoms in total. The fourth-order valence-electron chi connectivity index (χ4n) is 8.15. The second kappa shape index (κ2) is 18.1. The molecular formula is C54H34N2O12. The first-order chi connectivity index (χ1) is 32.8. The normalized spacial score (nSPS) is 11.5. The molecule has 9 rings (SSSR count). The summed E-state index contributed by atoms with van der Waals surface area (Å²) in [6.45, 7) is -0.110. The van der Waals surface area contributed by atoms with Crippen LogP contribution in [-0.2, 0) is 11.2 Å². The van der Waals surface area contributed by atoms with E-state index in [0.717, 1.165) is 0 Å². The molecule has 0 spiro atoms. The van der Waals surface area contributed by atoms with Gasteiger partial charge in [-0.2, -0.15) is 0 Å². The van der Waals surface area contributed by atoms with Gasteiger partial charge in [0.1, 0.15) is 17.4 Å². The minimum absolute atomic E-state index is 0.0425. The summed E-state index contributed by atoms with van der Waals surface area (Å²) < 4.78 is 11.9. The lowest BCUT2D eigenvalue weighted by Crippen LogP contribution is -2.42. The van der Waals surface area contributed by atoms with Crippen LogP contribution in [0.5, 0.6) is 5.75 Å². The number of carboxylic acids is 3. The van der Waals surface area contributed by atoms with Gasteiger partial charge in [0.15, 0.2) is 5.43 Å². The molecule has 1 atom stereocenters. The molecule has 0 fully saturated rings.